The van der Waals surface area contributed by atoms with Gasteiger partial charge in [0.05, 0.1) is 4.91 Å². The summed E-state index contributed by atoms with van der Waals surface area (Å²) in [5.74, 6) is -1.66. The van der Waals surface area contributed by atoms with Crippen molar-refractivity contribution in [3.8, 4) is 5.75 Å². The summed E-state index contributed by atoms with van der Waals surface area (Å²) < 4.78 is 0.258. The van der Waals surface area contributed by atoms with Gasteiger partial charge in [0, 0.05) is 5.56 Å². The van der Waals surface area contributed by atoms with E-state index in [4.69, 9.17) is 12.2 Å². The highest BCUT2D eigenvalue weighted by atomic mass is 32.2. The zero-order valence-corrected chi connectivity index (χ0v) is 17.2. The second kappa shape index (κ2) is 9.86. The molecule has 1 saturated heterocycles. The van der Waals surface area contributed by atoms with E-state index in [-0.39, 0.29) is 28.1 Å². The fraction of sp³-hybridized carbons (Fsp3) is 0.0476. The Morgan fingerprint density at radius 3 is 2.60 bits per heavy atom. The monoisotopic (exact) mass is 439 g/mol. The molecular formula is C21H17N3O4S2. The average molecular weight is 440 g/mol. The van der Waals surface area contributed by atoms with Crippen molar-refractivity contribution in [3.05, 3.63) is 82.8 Å². The minimum absolute atomic E-state index is 0.0698. The second-order valence-corrected chi connectivity index (χ2v) is 7.79. The zero-order chi connectivity index (χ0) is 21.5. The van der Waals surface area contributed by atoms with E-state index in [2.05, 4.69) is 10.9 Å². The van der Waals surface area contributed by atoms with Crippen molar-refractivity contribution >= 4 is 52.1 Å². The first-order valence-corrected chi connectivity index (χ1v) is 10.0. The van der Waals surface area contributed by atoms with E-state index < -0.39 is 11.8 Å². The molecule has 152 valence electrons. The molecule has 3 rings (SSSR count). The number of nitrogens with zero attached hydrogens (tertiary/aromatic N) is 1. The Kier molecular flexibility index (Phi) is 6.99. The van der Waals surface area contributed by atoms with Gasteiger partial charge in [-0.1, -0.05) is 72.5 Å². The number of amides is 3. The molecule has 0 bridgehead atoms. The van der Waals surface area contributed by atoms with Gasteiger partial charge in [0.2, 0.25) is 0 Å². The number of aromatic hydroxyl groups is 1. The normalized spacial score (nSPS) is 15.1. The van der Waals surface area contributed by atoms with E-state index in [0.29, 0.717) is 4.91 Å². The smallest absolute Gasteiger partial charge is 0.269 e. The van der Waals surface area contributed by atoms with Gasteiger partial charge in [-0.15, -0.1) is 0 Å². The molecular weight excluding hydrogens is 422 g/mol. The fourth-order valence-electron chi connectivity index (χ4n) is 2.49. The Balaban J connectivity index is 1.54. The Labute approximate surface area is 182 Å². The number of phenolic OH excluding ortho intramolecular Hbond substituents is 1. The van der Waals surface area contributed by atoms with Gasteiger partial charge in [0.1, 0.15) is 16.6 Å². The SMILES string of the molecule is O=C(CN1C(=O)/C(=C/C=C/c2ccccc2)SC1=S)NNC(=O)c1cccc(O)c1. The lowest BCUT2D eigenvalue weighted by atomic mass is 10.2. The standard InChI is InChI=1S/C21H17N3O4S2/c25-16-10-5-9-15(12-16)19(27)23-22-18(26)13-24-20(28)17(30-21(24)29)11-4-8-14-6-2-1-3-7-14/h1-12,25H,13H2,(H,22,26)(H,23,27)/b8-4+,17-11-. The molecule has 2 aromatic rings. The Morgan fingerprint density at radius 1 is 1.10 bits per heavy atom. The highest BCUT2D eigenvalue weighted by Crippen LogP contribution is 2.30. The fourth-order valence-corrected chi connectivity index (χ4v) is 3.70. The number of hydrogen-bond acceptors (Lipinski definition) is 6. The van der Waals surface area contributed by atoms with Gasteiger partial charge in [0.25, 0.3) is 17.7 Å². The van der Waals surface area contributed by atoms with Crippen LogP contribution in [0, 0.1) is 0 Å². The average Bonchev–Trinajstić information content (AvgIpc) is 3.00. The molecule has 0 atom stereocenters. The number of nitrogens with one attached hydrogen (secondary N) is 2. The molecule has 30 heavy (non-hydrogen) atoms. The third-order valence-electron chi connectivity index (χ3n) is 3.93. The molecule has 0 unspecified atom stereocenters. The number of carbonyl (C=O) groups excluding carboxylic acids is 3. The molecule has 0 saturated carbocycles. The lowest BCUT2D eigenvalue weighted by Crippen LogP contribution is -2.47. The van der Waals surface area contributed by atoms with Crippen LogP contribution in [0.3, 0.4) is 0 Å². The van der Waals surface area contributed by atoms with Crippen LogP contribution >= 0.6 is 24.0 Å². The van der Waals surface area contributed by atoms with Gasteiger partial charge in [-0.3, -0.25) is 30.1 Å². The van der Waals surface area contributed by atoms with Crippen molar-refractivity contribution in [1.82, 2.24) is 15.8 Å². The number of hydrazine groups is 1. The van der Waals surface area contributed by atoms with Gasteiger partial charge in [0.15, 0.2) is 0 Å². The molecule has 1 heterocycles. The van der Waals surface area contributed by atoms with Crippen molar-refractivity contribution in [3.63, 3.8) is 0 Å². The van der Waals surface area contributed by atoms with Crippen LogP contribution in [0.25, 0.3) is 6.08 Å². The third-order valence-corrected chi connectivity index (χ3v) is 5.33. The topological polar surface area (TPSA) is 98.7 Å². The first-order chi connectivity index (χ1) is 14.4. The lowest BCUT2D eigenvalue weighted by Gasteiger charge is -2.14. The molecule has 2 aromatic carbocycles. The third kappa shape index (κ3) is 5.56. The van der Waals surface area contributed by atoms with Crippen molar-refractivity contribution in [1.29, 1.82) is 0 Å². The number of thioether (sulfide) groups is 1. The predicted molar refractivity (Wildman–Crippen MR) is 119 cm³/mol. The summed E-state index contributed by atoms with van der Waals surface area (Å²) >= 11 is 6.30. The number of carbonyl (C=O) groups is 3. The number of phenols is 1. The summed E-state index contributed by atoms with van der Waals surface area (Å²) in [6, 6.07) is 15.3. The number of thiocarbonyl (C=S) groups is 1. The van der Waals surface area contributed by atoms with E-state index in [0.717, 1.165) is 22.2 Å². The van der Waals surface area contributed by atoms with Crippen LogP contribution in [0.2, 0.25) is 0 Å². The van der Waals surface area contributed by atoms with Crippen LogP contribution in [0.15, 0.2) is 71.7 Å². The first-order valence-electron chi connectivity index (χ1n) is 8.79. The van der Waals surface area contributed by atoms with E-state index in [1.165, 1.54) is 24.3 Å². The van der Waals surface area contributed by atoms with E-state index in [9.17, 15) is 19.5 Å². The summed E-state index contributed by atoms with van der Waals surface area (Å²) in [5, 5.41) is 9.40. The maximum Gasteiger partial charge on any atom is 0.269 e. The Bertz CT molecular complexity index is 1050. The van der Waals surface area contributed by atoms with Crippen LogP contribution in [0.1, 0.15) is 15.9 Å². The predicted octanol–water partition coefficient (Wildman–Crippen LogP) is 2.61. The molecule has 7 nitrogen and oxygen atoms in total. The summed E-state index contributed by atoms with van der Waals surface area (Å²) in [5.41, 5.74) is 5.63. The quantitative estimate of drug-likeness (QED) is 0.376. The van der Waals surface area contributed by atoms with Gasteiger partial charge in [-0.25, -0.2) is 0 Å². The molecule has 9 heteroatoms. The van der Waals surface area contributed by atoms with Gasteiger partial charge in [-0.2, -0.15) is 0 Å². The Morgan fingerprint density at radius 2 is 1.87 bits per heavy atom. The number of rotatable bonds is 5. The van der Waals surface area contributed by atoms with Crippen LogP contribution in [0.5, 0.6) is 5.75 Å². The van der Waals surface area contributed by atoms with E-state index in [1.807, 2.05) is 36.4 Å². The van der Waals surface area contributed by atoms with Crippen molar-refractivity contribution < 1.29 is 19.5 Å². The van der Waals surface area contributed by atoms with Crippen LogP contribution in [-0.4, -0.2) is 38.6 Å². The maximum atomic E-state index is 12.5. The molecule has 3 amide bonds. The van der Waals surface area contributed by atoms with Crippen LogP contribution < -0.4 is 10.9 Å². The van der Waals surface area contributed by atoms with Gasteiger partial charge in [-0.05, 0) is 29.8 Å². The molecule has 0 aromatic heterocycles. The highest BCUT2D eigenvalue weighted by molar-refractivity contribution is 8.26. The van der Waals surface area contributed by atoms with E-state index >= 15 is 0 Å². The van der Waals surface area contributed by atoms with Crippen LogP contribution in [-0.2, 0) is 9.59 Å². The van der Waals surface area contributed by atoms with Crippen LogP contribution in [0.4, 0.5) is 0 Å². The van der Waals surface area contributed by atoms with Gasteiger partial charge < -0.3 is 5.11 Å². The molecule has 0 spiro atoms. The lowest BCUT2D eigenvalue weighted by molar-refractivity contribution is -0.129. The molecule has 3 N–H and O–H groups in total. The number of hydrogen-bond donors (Lipinski definition) is 3. The number of benzene rings is 2. The summed E-state index contributed by atoms with van der Waals surface area (Å²) in [6.07, 6.45) is 5.25. The summed E-state index contributed by atoms with van der Waals surface area (Å²) in [6.45, 7) is -0.329. The molecule has 1 fully saturated rings. The minimum Gasteiger partial charge on any atom is -0.508 e. The zero-order valence-electron chi connectivity index (χ0n) is 15.6. The maximum absolute atomic E-state index is 12.5. The number of allylic oxidation sites excluding steroid dienone is 2. The molecule has 0 aliphatic carbocycles. The van der Waals surface area contributed by atoms with Crippen molar-refractivity contribution in [2.45, 2.75) is 0 Å². The molecule has 1 aliphatic heterocycles. The minimum atomic E-state index is -0.610. The van der Waals surface area contributed by atoms with Crippen molar-refractivity contribution in [2.24, 2.45) is 0 Å². The molecule has 1 aliphatic rings. The second-order valence-electron chi connectivity index (χ2n) is 6.11. The summed E-state index contributed by atoms with van der Waals surface area (Å²) in [4.78, 5) is 38.2. The Hall–Kier alpha value is -3.43. The highest BCUT2D eigenvalue weighted by Gasteiger charge is 2.33. The summed E-state index contributed by atoms with van der Waals surface area (Å²) in [7, 11) is 0. The largest absolute Gasteiger partial charge is 0.508 e. The molecule has 0 radical (unpaired) electrons. The van der Waals surface area contributed by atoms with Crippen molar-refractivity contribution in [2.75, 3.05) is 6.54 Å². The van der Waals surface area contributed by atoms with Gasteiger partial charge >= 0.3 is 0 Å². The van der Waals surface area contributed by atoms with E-state index in [1.54, 1.807) is 12.2 Å². The first kappa shape index (κ1) is 21.3.